The smallest absolute Gasteiger partial charge is 0.120 e. The third kappa shape index (κ3) is 4.68. The molecule has 0 unspecified atom stereocenters. The van der Waals surface area contributed by atoms with Crippen molar-refractivity contribution in [2.45, 2.75) is 12.1 Å². The van der Waals surface area contributed by atoms with Gasteiger partial charge in [-0.05, 0) is 22.9 Å². The number of ether oxygens (including phenoxy) is 1. The quantitative estimate of drug-likeness (QED) is 0.570. The van der Waals surface area contributed by atoms with Crippen LogP contribution in [0.25, 0.3) is 10.8 Å². The van der Waals surface area contributed by atoms with Crippen LogP contribution < -0.4 is 10.1 Å². The lowest BCUT2D eigenvalue weighted by atomic mass is 10.1. The molecule has 0 aliphatic carbocycles. The Bertz CT molecular complexity index is 557. The molecule has 1 atom stereocenters. The summed E-state index contributed by atoms with van der Waals surface area (Å²) < 4.78 is 5.56. The SMILES string of the molecule is OCC(CO)NC[C@H](O)COc1ccc2ccccc2c1. The van der Waals surface area contributed by atoms with E-state index in [1.807, 2.05) is 42.5 Å². The van der Waals surface area contributed by atoms with Gasteiger partial charge in [-0.3, -0.25) is 0 Å². The Morgan fingerprint density at radius 2 is 1.71 bits per heavy atom. The van der Waals surface area contributed by atoms with E-state index in [0.717, 1.165) is 10.8 Å². The molecule has 0 aliphatic rings. The molecule has 2 aromatic carbocycles. The molecule has 0 spiro atoms. The molecule has 0 saturated heterocycles. The van der Waals surface area contributed by atoms with E-state index >= 15 is 0 Å². The van der Waals surface area contributed by atoms with Crippen LogP contribution in [-0.2, 0) is 0 Å². The fourth-order valence-corrected chi connectivity index (χ4v) is 2.00. The van der Waals surface area contributed by atoms with Crippen LogP contribution in [0.5, 0.6) is 5.75 Å². The highest BCUT2D eigenvalue weighted by molar-refractivity contribution is 5.83. The fourth-order valence-electron chi connectivity index (χ4n) is 2.00. The summed E-state index contributed by atoms with van der Waals surface area (Å²) in [4.78, 5) is 0. The number of aliphatic hydroxyl groups excluding tert-OH is 3. The molecular formula is C16H21NO4. The zero-order chi connectivity index (χ0) is 15.1. The minimum absolute atomic E-state index is 0.148. The number of hydrogen-bond acceptors (Lipinski definition) is 5. The van der Waals surface area contributed by atoms with E-state index in [9.17, 15) is 5.11 Å². The van der Waals surface area contributed by atoms with Crippen molar-refractivity contribution in [3.63, 3.8) is 0 Å². The average molecular weight is 291 g/mol. The van der Waals surface area contributed by atoms with Gasteiger partial charge in [0.15, 0.2) is 0 Å². The Hall–Kier alpha value is -1.66. The molecule has 5 heteroatoms. The van der Waals surface area contributed by atoms with E-state index < -0.39 is 12.1 Å². The second-order valence-corrected chi connectivity index (χ2v) is 4.94. The second kappa shape index (κ2) is 7.95. The average Bonchev–Trinajstić information content (AvgIpc) is 2.53. The van der Waals surface area contributed by atoms with Gasteiger partial charge in [0, 0.05) is 6.54 Å². The zero-order valence-electron chi connectivity index (χ0n) is 11.8. The molecule has 4 N–H and O–H groups in total. The van der Waals surface area contributed by atoms with E-state index in [0.29, 0.717) is 5.75 Å². The third-order valence-corrected chi connectivity index (χ3v) is 3.25. The van der Waals surface area contributed by atoms with Crippen LogP contribution in [0, 0.1) is 0 Å². The Labute approximate surface area is 123 Å². The predicted molar refractivity (Wildman–Crippen MR) is 81.4 cm³/mol. The zero-order valence-corrected chi connectivity index (χ0v) is 11.8. The first-order valence-corrected chi connectivity index (χ1v) is 6.97. The largest absolute Gasteiger partial charge is 0.491 e. The van der Waals surface area contributed by atoms with Crippen LogP contribution >= 0.6 is 0 Å². The maximum Gasteiger partial charge on any atom is 0.120 e. The van der Waals surface area contributed by atoms with Crippen molar-refractivity contribution < 1.29 is 20.1 Å². The Balaban J connectivity index is 1.83. The highest BCUT2D eigenvalue weighted by atomic mass is 16.5. The van der Waals surface area contributed by atoms with E-state index in [2.05, 4.69) is 5.32 Å². The molecule has 2 aromatic rings. The van der Waals surface area contributed by atoms with Gasteiger partial charge in [-0.1, -0.05) is 30.3 Å². The molecule has 2 rings (SSSR count). The first kappa shape index (κ1) is 15.7. The maximum atomic E-state index is 9.81. The standard InChI is InChI=1S/C16H21NO4/c18-9-14(10-19)17-8-15(20)11-21-16-6-5-12-3-1-2-4-13(12)7-16/h1-7,14-15,17-20H,8-11H2/t15-/m0/s1. The normalized spacial score (nSPS) is 12.8. The van der Waals surface area contributed by atoms with Crippen LogP contribution in [0.4, 0.5) is 0 Å². The molecule has 0 amide bonds. The van der Waals surface area contributed by atoms with Crippen LogP contribution in [0.3, 0.4) is 0 Å². The highest BCUT2D eigenvalue weighted by Gasteiger charge is 2.10. The number of aliphatic hydroxyl groups is 3. The summed E-state index contributed by atoms with van der Waals surface area (Å²) in [6.07, 6.45) is -0.711. The molecule has 0 saturated carbocycles. The van der Waals surface area contributed by atoms with E-state index in [4.69, 9.17) is 14.9 Å². The van der Waals surface area contributed by atoms with Crippen LogP contribution in [0.2, 0.25) is 0 Å². The summed E-state index contributed by atoms with van der Waals surface area (Å²) in [5.41, 5.74) is 0. The van der Waals surface area contributed by atoms with Crippen LogP contribution in [0.1, 0.15) is 0 Å². The molecule has 114 valence electrons. The second-order valence-electron chi connectivity index (χ2n) is 4.94. The Kier molecular flexibility index (Phi) is 5.95. The highest BCUT2D eigenvalue weighted by Crippen LogP contribution is 2.20. The van der Waals surface area contributed by atoms with Crippen molar-refractivity contribution >= 4 is 10.8 Å². The minimum Gasteiger partial charge on any atom is -0.491 e. The summed E-state index contributed by atoms with van der Waals surface area (Å²) in [6.45, 7) is 0.0534. The maximum absolute atomic E-state index is 9.81. The van der Waals surface area contributed by atoms with Crippen molar-refractivity contribution in [3.8, 4) is 5.75 Å². The molecule has 0 heterocycles. The van der Waals surface area contributed by atoms with E-state index in [-0.39, 0.29) is 26.4 Å². The predicted octanol–water partition coefficient (Wildman–Crippen LogP) is 0.522. The number of nitrogens with one attached hydrogen (secondary N) is 1. The van der Waals surface area contributed by atoms with Gasteiger partial charge in [-0.25, -0.2) is 0 Å². The number of fused-ring (bicyclic) bond motifs is 1. The molecule has 0 fully saturated rings. The van der Waals surface area contributed by atoms with Gasteiger partial charge in [-0.2, -0.15) is 0 Å². The van der Waals surface area contributed by atoms with Gasteiger partial charge in [0.1, 0.15) is 18.5 Å². The summed E-state index contributed by atoms with van der Waals surface area (Å²) in [5.74, 6) is 0.702. The van der Waals surface area contributed by atoms with Crippen molar-refractivity contribution in [1.82, 2.24) is 5.32 Å². The molecule has 0 aliphatic heterocycles. The van der Waals surface area contributed by atoms with Gasteiger partial charge in [0.25, 0.3) is 0 Å². The third-order valence-electron chi connectivity index (χ3n) is 3.25. The fraction of sp³-hybridized carbons (Fsp3) is 0.375. The Morgan fingerprint density at radius 3 is 2.43 bits per heavy atom. The lowest BCUT2D eigenvalue weighted by molar-refractivity contribution is 0.0930. The van der Waals surface area contributed by atoms with E-state index in [1.54, 1.807) is 0 Å². The van der Waals surface area contributed by atoms with Gasteiger partial charge in [0.2, 0.25) is 0 Å². The number of benzene rings is 2. The lowest BCUT2D eigenvalue weighted by Gasteiger charge is -2.17. The molecule has 5 nitrogen and oxygen atoms in total. The summed E-state index contributed by atoms with van der Waals surface area (Å²) in [5, 5.41) is 32.7. The van der Waals surface area contributed by atoms with Crippen LogP contribution in [-0.4, -0.2) is 53.8 Å². The van der Waals surface area contributed by atoms with Crippen molar-refractivity contribution in [3.05, 3.63) is 42.5 Å². The Morgan fingerprint density at radius 1 is 1.00 bits per heavy atom. The molecular weight excluding hydrogens is 270 g/mol. The van der Waals surface area contributed by atoms with E-state index in [1.165, 1.54) is 0 Å². The summed E-state index contributed by atoms with van der Waals surface area (Å²) >= 11 is 0. The summed E-state index contributed by atoms with van der Waals surface area (Å²) in [6, 6.07) is 13.3. The molecule has 21 heavy (non-hydrogen) atoms. The summed E-state index contributed by atoms with van der Waals surface area (Å²) in [7, 11) is 0. The van der Waals surface area contributed by atoms with Crippen molar-refractivity contribution in [2.24, 2.45) is 0 Å². The van der Waals surface area contributed by atoms with Gasteiger partial charge >= 0.3 is 0 Å². The topological polar surface area (TPSA) is 82.0 Å². The van der Waals surface area contributed by atoms with Gasteiger partial charge in [-0.15, -0.1) is 0 Å². The number of rotatable bonds is 8. The van der Waals surface area contributed by atoms with Gasteiger partial charge in [0.05, 0.1) is 19.3 Å². The van der Waals surface area contributed by atoms with Crippen LogP contribution in [0.15, 0.2) is 42.5 Å². The minimum atomic E-state index is -0.711. The molecule has 0 radical (unpaired) electrons. The monoisotopic (exact) mass is 291 g/mol. The van der Waals surface area contributed by atoms with Crippen molar-refractivity contribution in [2.75, 3.05) is 26.4 Å². The molecule has 0 bridgehead atoms. The first-order valence-electron chi connectivity index (χ1n) is 6.97. The first-order chi connectivity index (χ1) is 10.2. The number of hydrogen-bond donors (Lipinski definition) is 4. The lowest BCUT2D eigenvalue weighted by Crippen LogP contribution is -2.41. The van der Waals surface area contributed by atoms with Crippen molar-refractivity contribution in [1.29, 1.82) is 0 Å². The van der Waals surface area contributed by atoms with Gasteiger partial charge < -0.3 is 25.4 Å². The molecule has 0 aromatic heterocycles.